The highest BCUT2D eigenvalue weighted by Crippen LogP contribution is 2.33. The van der Waals surface area contributed by atoms with Gasteiger partial charge >= 0.3 is 0 Å². The van der Waals surface area contributed by atoms with Crippen molar-refractivity contribution in [3.63, 3.8) is 0 Å². The third kappa shape index (κ3) is 4.57. The van der Waals surface area contributed by atoms with Crippen molar-refractivity contribution in [2.45, 2.75) is 64.5 Å². The molecule has 0 fully saturated rings. The molecule has 156 valence electrons. The van der Waals surface area contributed by atoms with Crippen molar-refractivity contribution < 1.29 is 4.74 Å². The van der Waals surface area contributed by atoms with Gasteiger partial charge in [0.2, 0.25) is 0 Å². The molecule has 1 aliphatic heterocycles. The van der Waals surface area contributed by atoms with Gasteiger partial charge in [0.25, 0.3) is 0 Å². The lowest BCUT2D eigenvalue weighted by Gasteiger charge is -2.26. The van der Waals surface area contributed by atoms with Crippen molar-refractivity contribution in [2.24, 2.45) is 4.99 Å². The first-order valence-electron chi connectivity index (χ1n) is 11.0. The smallest absolute Gasteiger partial charge is 0.191 e. The van der Waals surface area contributed by atoms with Gasteiger partial charge in [0.1, 0.15) is 5.75 Å². The summed E-state index contributed by atoms with van der Waals surface area (Å²) in [6.45, 7) is 8.87. The molecule has 2 atom stereocenters. The number of nitrogens with zero attached hydrogens (tertiary/aromatic N) is 3. The molecule has 29 heavy (non-hydrogen) atoms. The summed E-state index contributed by atoms with van der Waals surface area (Å²) in [6, 6.07) is 9.14. The number of nitrogens with one attached hydrogen (secondary N) is 2. The van der Waals surface area contributed by atoms with E-state index in [1.54, 1.807) is 0 Å². The third-order valence-electron chi connectivity index (χ3n) is 5.86. The van der Waals surface area contributed by atoms with Crippen molar-refractivity contribution in [3.05, 3.63) is 47.3 Å². The maximum atomic E-state index is 5.79. The van der Waals surface area contributed by atoms with E-state index in [9.17, 15) is 0 Å². The molecule has 0 saturated carbocycles. The molecular formula is C23H33N5O. The number of benzene rings is 1. The molecule has 1 aromatic heterocycles. The number of aryl methyl sites for hydroxylation is 1. The van der Waals surface area contributed by atoms with Crippen molar-refractivity contribution in [3.8, 4) is 5.75 Å². The van der Waals surface area contributed by atoms with Gasteiger partial charge in [-0.15, -0.1) is 0 Å². The van der Waals surface area contributed by atoms with Crippen LogP contribution in [0.4, 0.5) is 0 Å². The van der Waals surface area contributed by atoms with Gasteiger partial charge in [-0.3, -0.25) is 9.67 Å². The lowest BCUT2D eigenvalue weighted by molar-refractivity contribution is 0.269. The predicted octanol–water partition coefficient (Wildman–Crippen LogP) is 3.44. The number of fused-ring (bicyclic) bond motifs is 2. The zero-order valence-electron chi connectivity index (χ0n) is 17.8. The van der Waals surface area contributed by atoms with E-state index >= 15 is 0 Å². The molecule has 2 aromatic rings. The zero-order chi connectivity index (χ0) is 20.2. The van der Waals surface area contributed by atoms with Gasteiger partial charge < -0.3 is 15.4 Å². The minimum atomic E-state index is 0.373. The van der Waals surface area contributed by atoms with Crippen molar-refractivity contribution in [1.29, 1.82) is 0 Å². The first-order valence-corrected chi connectivity index (χ1v) is 11.0. The first kappa shape index (κ1) is 19.8. The van der Waals surface area contributed by atoms with E-state index in [1.807, 2.05) is 6.07 Å². The Bertz CT molecular complexity index is 857. The Kier molecular flexibility index (Phi) is 6.07. The van der Waals surface area contributed by atoms with E-state index < -0.39 is 0 Å². The molecule has 2 unspecified atom stereocenters. The highest BCUT2D eigenvalue weighted by atomic mass is 16.5. The average molecular weight is 396 g/mol. The molecule has 0 spiro atoms. The number of guanidine groups is 1. The fourth-order valence-electron chi connectivity index (χ4n) is 4.22. The minimum Gasteiger partial charge on any atom is -0.493 e. The number of ether oxygens (including phenoxy) is 1. The lowest BCUT2D eigenvalue weighted by Crippen LogP contribution is -2.46. The van der Waals surface area contributed by atoms with Crippen molar-refractivity contribution in [2.75, 3.05) is 19.7 Å². The van der Waals surface area contributed by atoms with Crippen LogP contribution in [-0.2, 0) is 12.8 Å². The Morgan fingerprint density at radius 3 is 3.00 bits per heavy atom. The molecule has 6 nitrogen and oxygen atoms in total. The van der Waals surface area contributed by atoms with Gasteiger partial charge in [-0.25, -0.2) is 0 Å². The molecule has 2 heterocycles. The molecule has 0 bridgehead atoms. The quantitative estimate of drug-likeness (QED) is 0.601. The van der Waals surface area contributed by atoms with Crippen LogP contribution in [0.25, 0.3) is 0 Å². The van der Waals surface area contributed by atoms with E-state index in [4.69, 9.17) is 14.8 Å². The fourth-order valence-corrected chi connectivity index (χ4v) is 4.22. The van der Waals surface area contributed by atoms with Crippen LogP contribution in [0.1, 0.15) is 62.4 Å². The Labute approximate surface area is 173 Å². The molecule has 0 saturated heterocycles. The predicted molar refractivity (Wildman–Crippen MR) is 117 cm³/mol. The maximum Gasteiger partial charge on any atom is 0.191 e. The average Bonchev–Trinajstić information content (AvgIpc) is 3.16. The summed E-state index contributed by atoms with van der Waals surface area (Å²) in [6.07, 6.45) is 6.38. The van der Waals surface area contributed by atoms with Crippen molar-refractivity contribution >= 4 is 5.96 Å². The molecule has 0 radical (unpaired) electrons. The molecular weight excluding hydrogens is 362 g/mol. The van der Waals surface area contributed by atoms with Gasteiger partial charge in [0, 0.05) is 43.7 Å². The number of rotatable bonds is 5. The Hall–Kier alpha value is -2.50. The van der Waals surface area contributed by atoms with Crippen LogP contribution in [0.3, 0.4) is 0 Å². The fraction of sp³-hybridized carbons (Fsp3) is 0.565. The molecule has 4 rings (SSSR count). The highest BCUT2D eigenvalue weighted by Gasteiger charge is 2.24. The molecule has 1 aliphatic carbocycles. The monoisotopic (exact) mass is 395 g/mol. The summed E-state index contributed by atoms with van der Waals surface area (Å²) in [5, 5.41) is 11.9. The lowest BCUT2D eigenvalue weighted by atomic mass is 9.93. The van der Waals surface area contributed by atoms with Crippen LogP contribution >= 0.6 is 0 Å². The molecule has 1 aromatic carbocycles. The van der Waals surface area contributed by atoms with Crippen LogP contribution in [0.2, 0.25) is 0 Å². The first-order chi connectivity index (χ1) is 14.1. The summed E-state index contributed by atoms with van der Waals surface area (Å²) in [5.74, 6) is 2.33. The number of aromatic nitrogens is 2. The Balaban J connectivity index is 1.42. The van der Waals surface area contributed by atoms with E-state index in [-0.39, 0.29) is 0 Å². The van der Waals surface area contributed by atoms with Crippen molar-refractivity contribution in [1.82, 2.24) is 20.4 Å². The summed E-state index contributed by atoms with van der Waals surface area (Å²) < 4.78 is 7.89. The van der Waals surface area contributed by atoms with Gasteiger partial charge in [0.15, 0.2) is 5.96 Å². The topological polar surface area (TPSA) is 63.5 Å². The van der Waals surface area contributed by atoms with Crippen LogP contribution in [-0.4, -0.2) is 41.5 Å². The van der Waals surface area contributed by atoms with E-state index in [0.717, 1.165) is 57.1 Å². The van der Waals surface area contributed by atoms with E-state index in [1.165, 1.54) is 16.8 Å². The van der Waals surface area contributed by atoms with Gasteiger partial charge in [-0.2, -0.15) is 5.10 Å². The molecule has 6 heteroatoms. The summed E-state index contributed by atoms with van der Waals surface area (Å²) in [5.41, 5.74) is 3.91. The number of aliphatic imine (C=N–C) groups is 1. The van der Waals surface area contributed by atoms with Gasteiger partial charge in [0.05, 0.1) is 12.3 Å². The van der Waals surface area contributed by atoms with Crippen LogP contribution in [0.5, 0.6) is 5.75 Å². The maximum absolute atomic E-state index is 5.79. The zero-order valence-corrected chi connectivity index (χ0v) is 17.8. The standard InChI is InChI=1S/C23H33N5O/c1-4-24-23(25-14-17-11-12-29-22-8-6-5-7-20(17)22)26-19-10-9-18-15-28(16(2)3)27-21(18)13-19/h5-8,15-17,19H,4,9-14H2,1-3H3,(H2,24,25,26). The summed E-state index contributed by atoms with van der Waals surface area (Å²) >= 11 is 0. The van der Waals surface area contributed by atoms with Gasteiger partial charge in [-0.05, 0) is 57.2 Å². The highest BCUT2D eigenvalue weighted by molar-refractivity contribution is 5.80. The second kappa shape index (κ2) is 8.89. The van der Waals surface area contributed by atoms with E-state index in [2.05, 4.69) is 60.5 Å². The number of hydrogen-bond donors (Lipinski definition) is 2. The largest absolute Gasteiger partial charge is 0.493 e. The van der Waals surface area contributed by atoms with Crippen LogP contribution in [0.15, 0.2) is 35.5 Å². The SMILES string of the molecule is CCNC(=NCC1CCOc2ccccc21)NC1CCc2cn(C(C)C)nc2C1. The second-order valence-corrected chi connectivity index (χ2v) is 8.35. The van der Waals surface area contributed by atoms with Crippen LogP contribution < -0.4 is 15.4 Å². The second-order valence-electron chi connectivity index (χ2n) is 8.35. The van der Waals surface area contributed by atoms with Crippen LogP contribution in [0, 0.1) is 0 Å². The molecule has 2 aliphatic rings. The summed E-state index contributed by atoms with van der Waals surface area (Å²) in [7, 11) is 0. The molecule has 0 amide bonds. The minimum absolute atomic E-state index is 0.373. The normalized spacial score (nSPS) is 21.3. The van der Waals surface area contributed by atoms with Gasteiger partial charge in [-0.1, -0.05) is 18.2 Å². The Morgan fingerprint density at radius 1 is 1.31 bits per heavy atom. The number of para-hydroxylation sites is 1. The van der Waals surface area contributed by atoms with E-state index in [0.29, 0.717) is 18.0 Å². The summed E-state index contributed by atoms with van der Waals surface area (Å²) in [4.78, 5) is 4.93. The third-order valence-corrected chi connectivity index (χ3v) is 5.86. The molecule has 2 N–H and O–H groups in total. The Morgan fingerprint density at radius 2 is 2.17 bits per heavy atom. The number of hydrogen-bond acceptors (Lipinski definition) is 3.